The Labute approximate surface area is 318 Å². The molecule has 0 amide bonds. The molecule has 0 saturated carbocycles. The van der Waals surface area contributed by atoms with E-state index in [1.807, 2.05) is 6.92 Å². The Hall–Kier alpha value is 0.0500. The van der Waals surface area contributed by atoms with E-state index in [9.17, 15) is 19.0 Å². The fraction of sp³-hybridized carbons (Fsp3) is 0.947. The molecule has 48 heavy (non-hydrogen) atoms. The van der Waals surface area contributed by atoms with Crippen LogP contribution in [-0.4, -0.2) is 42.8 Å². The topological polar surface area (TPSA) is 108 Å². The van der Waals surface area contributed by atoms with Crippen molar-refractivity contribution in [2.24, 2.45) is 0 Å². The Balaban J connectivity index is 0. The van der Waals surface area contributed by atoms with Gasteiger partial charge in [0.2, 0.25) is 0 Å². The number of phosphoric ester groups is 1. The van der Waals surface area contributed by atoms with E-state index in [4.69, 9.17) is 18.5 Å². The van der Waals surface area contributed by atoms with Crippen molar-refractivity contribution in [3.63, 3.8) is 0 Å². The zero-order chi connectivity index (χ0) is 34.7. The number of rotatable bonds is 37. The minimum atomic E-state index is -4.28. The third-order valence-electron chi connectivity index (χ3n) is 8.58. The van der Waals surface area contributed by atoms with Crippen molar-refractivity contribution >= 4 is 19.8 Å². The number of hydrogen-bond acceptors (Lipinski definition) is 7. The zero-order valence-corrected chi connectivity index (χ0v) is 34.9. The van der Waals surface area contributed by atoms with E-state index in [0.29, 0.717) is 12.8 Å². The van der Waals surface area contributed by atoms with E-state index in [2.05, 4.69) is 13.8 Å². The molecule has 0 aliphatic rings. The van der Waals surface area contributed by atoms with Crippen molar-refractivity contribution in [1.29, 1.82) is 0 Å². The summed E-state index contributed by atoms with van der Waals surface area (Å²) in [7, 11) is -4.28. The number of hydrogen-bond donors (Lipinski definition) is 1. The Morgan fingerprint density at radius 2 is 0.854 bits per heavy atom. The average Bonchev–Trinajstić information content (AvgIpc) is 3.05. The van der Waals surface area contributed by atoms with Gasteiger partial charge in [-0.1, -0.05) is 175 Å². The molecular weight excluding hydrogens is 638 g/mol. The van der Waals surface area contributed by atoms with Crippen LogP contribution in [-0.2, 0) is 32.7 Å². The van der Waals surface area contributed by atoms with E-state index in [1.165, 1.54) is 128 Å². The summed E-state index contributed by atoms with van der Waals surface area (Å²) in [5, 5.41) is 0. The first-order valence-electron chi connectivity index (χ1n) is 19.8. The molecule has 0 aliphatic carbocycles. The molecule has 0 bridgehead atoms. The third-order valence-corrected chi connectivity index (χ3v) is 9.56. The molecule has 0 spiro atoms. The molecule has 2 atom stereocenters. The van der Waals surface area contributed by atoms with Gasteiger partial charge in [-0.15, -0.1) is 0 Å². The summed E-state index contributed by atoms with van der Waals surface area (Å²) in [6, 6.07) is 0. The van der Waals surface area contributed by atoms with Crippen molar-refractivity contribution in [3.8, 4) is 0 Å². The van der Waals surface area contributed by atoms with Gasteiger partial charge in [-0.05, 0) is 19.3 Å². The fourth-order valence-electron chi connectivity index (χ4n) is 5.61. The van der Waals surface area contributed by atoms with E-state index in [1.54, 1.807) is 0 Å². The molecule has 0 radical (unpaired) electrons. The van der Waals surface area contributed by atoms with Crippen molar-refractivity contribution in [2.45, 2.75) is 213 Å². The molecule has 0 rings (SSSR count). The number of ether oxygens (including phenoxy) is 2. The summed E-state index contributed by atoms with van der Waals surface area (Å²) in [4.78, 5) is 34.8. The number of unbranched alkanes of at least 4 members (excludes halogenated alkanes) is 24. The molecule has 280 valence electrons. The first kappa shape index (κ1) is 50.2. The summed E-state index contributed by atoms with van der Waals surface area (Å²) >= 11 is 0. The second-order valence-corrected chi connectivity index (χ2v) is 14.8. The SMILES string of the molecule is CCCCCCCCCCCCCCCC(=O)OC[C@H](COP(=O)(O)OCCC)OC(=O)CCCCCCCCCCCCCCC.[Na+]. The van der Waals surface area contributed by atoms with Crippen LogP contribution in [0.4, 0.5) is 0 Å². The molecule has 0 aromatic heterocycles. The van der Waals surface area contributed by atoms with Gasteiger partial charge >= 0.3 is 49.3 Å². The van der Waals surface area contributed by atoms with E-state index >= 15 is 0 Å². The van der Waals surface area contributed by atoms with Crippen molar-refractivity contribution in [1.82, 2.24) is 0 Å². The minimum absolute atomic E-state index is 0. The second-order valence-electron chi connectivity index (χ2n) is 13.4. The molecule has 0 saturated heterocycles. The van der Waals surface area contributed by atoms with E-state index in [-0.39, 0.29) is 61.8 Å². The van der Waals surface area contributed by atoms with Crippen LogP contribution in [0.25, 0.3) is 0 Å². The first-order valence-corrected chi connectivity index (χ1v) is 21.3. The quantitative estimate of drug-likeness (QED) is 0.0294. The van der Waals surface area contributed by atoms with Gasteiger partial charge in [0.05, 0.1) is 13.2 Å². The number of carbonyl (C=O) groups is 2. The molecule has 8 nitrogen and oxygen atoms in total. The van der Waals surface area contributed by atoms with Crippen molar-refractivity contribution in [3.05, 3.63) is 0 Å². The Kier molecular flexibility index (Phi) is 40.0. The van der Waals surface area contributed by atoms with Crippen LogP contribution in [0.2, 0.25) is 0 Å². The van der Waals surface area contributed by atoms with Gasteiger partial charge in [-0.2, -0.15) is 0 Å². The van der Waals surface area contributed by atoms with E-state index in [0.717, 1.165) is 38.5 Å². The normalized spacial score (nSPS) is 13.1. The molecular formula is C38H75NaO8P+. The van der Waals surface area contributed by atoms with Gasteiger partial charge < -0.3 is 14.4 Å². The van der Waals surface area contributed by atoms with Crippen LogP contribution >= 0.6 is 7.82 Å². The van der Waals surface area contributed by atoms with Gasteiger partial charge in [0.1, 0.15) is 6.61 Å². The predicted octanol–water partition coefficient (Wildman–Crippen LogP) is 8.95. The van der Waals surface area contributed by atoms with Gasteiger partial charge in [0.25, 0.3) is 0 Å². The Morgan fingerprint density at radius 3 is 1.23 bits per heavy atom. The van der Waals surface area contributed by atoms with Crippen molar-refractivity contribution in [2.75, 3.05) is 19.8 Å². The molecule has 1 N–H and O–H groups in total. The molecule has 0 fully saturated rings. The zero-order valence-electron chi connectivity index (χ0n) is 32.0. The van der Waals surface area contributed by atoms with Crippen LogP contribution in [0, 0.1) is 0 Å². The molecule has 0 heterocycles. The minimum Gasteiger partial charge on any atom is -0.462 e. The Morgan fingerprint density at radius 1 is 0.500 bits per heavy atom. The summed E-state index contributed by atoms with van der Waals surface area (Å²) in [5.41, 5.74) is 0. The molecule has 1 unspecified atom stereocenters. The van der Waals surface area contributed by atoms with Crippen LogP contribution in [0.5, 0.6) is 0 Å². The van der Waals surface area contributed by atoms with Crippen LogP contribution in [0.1, 0.15) is 207 Å². The van der Waals surface area contributed by atoms with E-state index < -0.39 is 19.9 Å². The number of phosphoric acid groups is 1. The van der Waals surface area contributed by atoms with Crippen LogP contribution in [0.3, 0.4) is 0 Å². The van der Waals surface area contributed by atoms with Gasteiger partial charge in [-0.3, -0.25) is 18.6 Å². The molecule has 0 aromatic rings. The molecule has 0 aromatic carbocycles. The summed E-state index contributed by atoms with van der Waals surface area (Å²) < 4.78 is 32.9. The van der Waals surface area contributed by atoms with Gasteiger partial charge in [0, 0.05) is 12.8 Å². The summed E-state index contributed by atoms with van der Waals surface area (Å²) in [6.07, 6.45) is 32.0. The van der Waals surface area contributed by atoms with Crippen LogP contribution in [0.15, 0.2) is 0 Å². The monoisotopic (exact) mass is 714 g/mol. The smallest absolute Gasteiger partial charge is 0.462 e. The Bertz CT molecular complexity index is 754. The first-order chi connectivity index (χ1) is 22.8. The largest absolute Gasteiger partial charge is 1.00 e. The number of esters is 2. The third kappa shape index (κ3) is 37.3. The van der Waals surface area contributed by atoms with Crippen molar-refractivity contribution < 1.29 is 67.1 Å². The predicted molar refractivity (Wildman–Crippen MR) is 193 cm³/mol. The standard InChI is InChI=1S/C38H75O8P.Na/c1-4-7-9-11-13-15-17-19-21-23-25-27-29-31-37(39)43-34-36(35-45-47(41,42)44-33-6-3)46-38(40)32-30-28-26-24-22-20-18-16-14-12-10-8-5-2;/h36H,4-35H2,1-3H3,(H,41,42);/q;+1/t36-;/m1./s1. The molecule has 10 heteroatoms. The van der Waals surface area contributed by atoms with Crippen LogP contribution < -0.4 is 29.6 Å². The second kappa shape index (κ2) is 38.3. The summed E-state index contributed by atoms with van der Waals surface area (Å²) in [5.74, 6) is -0.781. The number of carbonyl (C=O) groups excluding carboxylic acids is 2. The summed E-state index contributed by atoms with van der Waals surface area (Å²) in [6.45, 7) is 5.80. The maximum atomic E-state index is 12.5. The molecule has 0 aliphatic heterocycles. The van der Waals surface area contributed by atoms with Gasteiger partial charge in [0.15, 0.2) is 6.10 Å². The maximum absolute atomic E-state index is 12.5. The fourth-order valence-corrected chi connectivity index (χ4v) is 6.46. The van der Waals surface area contributed by atoms with Gasteiger partial charge in [-0.25, -0.2) is 4.57 Å². The maximum Gasteiger partial charge on any atom is 1.00 e. The average molecular weight is 714 g/mol.